The van der Waals surface area contributed by atoms with Gasteiger partial charge in [0.25, 0.3) is 0 Å². The van der Waals surface area contributed by atoms with Gasteiger partial charge in [-0.05, 0) is 49.2 Å². The van der Waals surface area contributed by atoms with Crippen molar-refractivity contribution in [2.75, 3.05) is 11.9 Å². The first kappa shape index (κ1) is 21.6. The highest BCUT2D eigenvalue weighted by Crippen LogP contribution is 2.30. The normalized spacial score (nSPS) is 17.2. The van der Waals surface area contributed by atoms with E-state index in [0.717, 1.165) is 14.5 Å². The molecule has 3 aromatic rings. The van der Waals surface area contributed by atoms with Crippen LogP contribution in [0, 0.1) is 0 Å². The van der Waals surface area contributed by atoms with Crippen molar-refractivity contribution >= 4 is 64.3 Å². The molecule has 0 spiro atoms. The van der Waals surface area contributed by atoms with Crippen LogP contribution >= 0.6 is 43.2 Å². The molecule has 1 atom stereocenters. The third-order valence-electron chi connectivity index (χ3n) is 4.65. The maximum Gasteiger partial charge on any atom is 0.244 e. The summed E-state index contributed by atoms with van der Waals surface area (Å²) in [4.78, 5) is 13.0. The van der Waals surface area contributed by atoms with Crippen LogP contribution in [0.1, 0.15) is 12.8 Å². The molecule has 2 heterocycles. The third-order valence-corrected chi connectivity index (χ3v) is 8.49. The zero-order chi connectivity index (χ0) is 21.3. The number of carbonyl (C=O) groups is 1. The van der Waals surface area contributed by atoms with E-state index in [0.29, 0.717) is 29.5 Å². The van der Waals surface area contributed by atoms with Crippen LogP contribution in [0.4, 0.5) is 5.13 Å². The van der Waals surface area contributed by atoms with Gasteiger partial charge in [-0.1, -0.05) is 55.3 Å². The number of hydrogen-bond acceptors (Lipinski definition) is 6. The molecule has 1 aliphatic rings. The Morgan fingerprint density at radius 1 is 1.10 bits per heavy atom. The molecule has 7 nitrogen and oxygen atoms in total. The number of sulfonamides is 1. The average Bonchev–Trinajstić information content (AvgIpc) is 3.38. The van der Waals surface area contributed by atoms with E-state index in [1.807, 2.05) is 24.3 Å². The van der Waals surface area contributed by atoms with Crippen LogP contribution in [-0.2, 0) is 14.8 Å². The zero-order valence-electron chi connectivity index (χ0n) is 15.5. The lowest BCUT2D eigenvalue weighted by Gasteiger charge is -2.23. The Hall–Kier alpha value is -1.66. The number of nitrogens with zero attached hydrogens (tertiary/aromatic N) is 3. The van der Waals surface area contributed by atoms with Crippen LogP contribution in [-0.4, -0.2) is 41.4 Å². The minimum Gasteiger partial charge on any atom is -0.299 e. The highest BCUT2D eigenvalue weighted by molar-refractivity contribution is 9.10. The summed E-state index contributed by atoms with van der Waals surface area (Å²) < 4.78 is 29.0. The van der Waals surface area contributed by atoms with Crippen molar-refractivity contribution in [2.24, 2.45) is 0 Å². The summed E-state index contributed by atoms with van der Waals surface area (Å²) in [6.45, 7) is 0.301. The Kier molecular flexibility index (Phi) is 6.35. The zero-order valence-corrected chi connectivity index (χ0v) is 20.3. The van der Waals surface area contributed by atoms with E-state index in [-0.39, 0.29) is 4.90 Å². The molecule has 1 amide bonds. The smallest absolute Gasteiger partial charge is 0.244 e. The molecule has 0 radical (unpaired) electrons. The number of aromatic nitrogens is 2. The third kappa shape index (κ3) is 4.50. The number of benzene rings is 2. The molecule has 11 heteroatoms. The predicted molar refractivity (Wildman–Crippen MR) is 123 cm³/mol. The molecule has 1 fully saturated rings. The fourth-order valence-corrected chi connectivity index (χ4v) is 6.30. The molecule has 30 heavy (non-hydrogen) atoms. The first-order chi connectivity index (χ1) is 14.3. The van der Waals surface area contributed by atoms with Crippen molar-refractivity contribution in [1.29, 1.82) is 0 Å². The molecule has 2 aromatic carbocycles. The Bertz CT molecular complexity index is 1180. The number of carbonyl (C=O) groups excluding carboxylic acids is 1. The quantitative estimate of drug-likeness (QED) is 0.486. The summed E-state index contributed by atoms with van der Waals surface area (Å²) in [5.41, 5.74) is 0.877. The fourth-order valence-electron chi connectivity index (χ4n) is 3.23. The number of nitrogens with one attached hydrogen (secondary N) is 1. The molecule has 156 valence electrons. The Morgan fingerprint density at radius 3 is 2.60 bits per heavy atom. The van der Waals surface area contributed by atoms with Gasteiger partial charge in [-0.25, -0.2) is 8.42 Å². The maximum atomic E-state index is 13.0. The summed E-state index contributed by atoms with van der Waals surface area (Å²) in [5, 5.41) is 11.9. The molecule has 0 bridgehead atoms. The van der Waals surface area contributed by atoms with Crippen LogP contribution in [0.15, 0.2) is 62.4 Å². The number of hydrogen-bond donors (Lipinski definition) is 1. The van der Waals surface area contributed by atoms with E-state index < -0.39 is 22.0 Å². The van der Waals surface area contributed by atoms with E-state index in [9.17, 15) is 13.2 Å². The average molecular weight is 572 g/mol. The monoisotopic (exact) mass is 570 g/mol. The second-order valence-corrected chi connectivity index (χ2v) is 11.3. The summed E-state index contributed by atoms with van der Waals surface area (Å²) in [7, 11) is -3.77. The van der Waals surface area contributed by atoms with Gasteiger partial charge >= 0.3 is 0 Å². The lowest BCUT2D eigenvalue weighted by atomic mass is 10.2. The maximum absolute atomic E-state index is 13.0. The lowest BCUT2D eigenvalue weighted by molar-refractivity contribution is -0.119. The summed E-state index contributed by atoms with van der Waals surface area (Å²) in [5.74, 6) is -0.398. The molecule has 1 saturated heterocycles. The Labute approximate surface area is 194 Å². The van der Waals surface area contributed by atoms with Gasteiger partial charge in [0.15, 0.2) is 0 Å². The van der Waals surface area contributed by atoms with E-state index in [4.69, 9.17) is 0 Å². The molecule has 0 aliphatic carbocycles. The minimum absolute atomic E-state index is 0.165. The van der Waals surface area contributed by atoms with Gasteiger partial charge in [0.05, 0.1) is 4.90 Å². The number of amides is 1. The van der Waals surface area contributed by atoms with Crippen LogP contribution < -0.4 is 5.32 Å². The Morgan fingerprint density at radius 2 is 1.87 bits per heavy atom. The summed E-state index contributed by atoms with van der Waals surface area (Å²) in [6.07, 6.45) is 1.08. The van der Waals surface area contributed by atoms with E-state index >= 15 is 0 Å². The first-order valence-electron chi connectivity index (χ1n) is 9.02. The largest absolute Gasteiger partial charge is 0.299 e. The highest BCUT2D eigenvalue weighted by Gasteiger charge is 2.39. The van der Waals surface area contributed by atoms with E-state index in [1.165, 1.54) is 27.8 Å². The standard InChI is InChI=1S/C19H16Br2N4O3S2/c20-13-6-8-15(9-7-13)30(27,28)25-10-2-5-16(25)17(26)22-19-24-23-18(29-19)12-3-1-4-14(21)11-12/h1,3-4,6-9,11,16H,2,5,10H2,(H,22,24,26). The number of rotatable bonds is 5. The van der Waals surface area contributed by atoms with Crippen molar-refractivity contribution in [2.45, 2.75) is 23.8 Å². The second-order valence-electron chi connectivity index (χ2n) is 6.64. The van der Waals surface area contributed by atoms with Crippen LogP contribution in [0.5, 0.6) is 0 Å². The summed E-state index contributed by atoms with van der Waals surface area (Å²) in [6, 6.07) is 13.2. The fraction of sp³-hybridized carbons (Fsp3) is 0.211. The SMILES string of the molecule is O=C(Nc1nnc(-c2cccc(Br)c2)s1)C1CCCN1S(=O)(=O)c1ccc(Br)cc1. The molecule has 4 rings (SSSR count). The van der Waals surface area contributed by atoms with Gasteiger partial charge in [-0.2, -0.15) is 4.31 Å². The van der Waals surface area contributed by atoms with Crippen molar-refractivity contribution in [3.8, 4) is 10.6 Å². The topological polar surface area (TPSA) is 92.3 Å². The van der Waals surface area contributed by atoms with Crippen molar-refractivity contribution in [3.63, 3.8) is 0 Å². The van der Waals surface area contributed by atoms with Gasteiger partial charge in [-0.15, -0.1) is 10.2 Å². The molecular weight excluding hydrogens is 556 g/mol. The molecular formula is C19H16Br2N4O3S2. The predicted octanol–water partition coefficient (Wildman–Crippen LogP) is 4.52. The van der Waals surface area contributed by atoms with Crippen molar-refractivity contribution < 1.29 is 13.2 Å². The second kappa shape index (κ2) is 8.83. The van der Waals surface area contributed by atoms with Gasteiger partial charge in [0, 0.05) is 21.1 Å². The van der Waals surface area contributed by atoms with Crippen LogP contribution in [0.2, 0.25) is 0 Å². The minimum atomic E-state index is -3.77. The lowest BCUT2D eigenvalue weighted by Crippen LogP contribution is -2.43. The molecule has 1 unspecified atom stereocenters. The molecule has 1 N–H and O–H groups in total. The highest BCUT2D eigenvalue weighted by atomic mass is 79.9. The first-order valence-corrected chi connectivity index (χ1v) is 12.9. The van der Waals surface area contributed by atoms with Gasteiger partial charge in [0.2, 0.25) is 21.1 Å². The molecule has 1 aliphatic heterocycles. The van der Waals surface area contributed by atoms with Crippen molar-refractivity contribution in [1.82, 2.24) is 14.5 Å². The Balaban J connectivity index is 1.51. The van der Waals surface area contributed by atoms with Gasteiger partial charge in [-0.3, -0.25) is 10.1 Å². The molecule has 0 saturated carbocycles. The van der Waals surface area contributed by atoms with E-state index in [1.54, 1.807) is 12.1 Å². The number of anilines is 1. The summed E-state index contributed by atoms with van der Waals surface area (Å²) >= 11 is 7.97. The van der Waals surface area contributed by atoms with Gasteiger partial charge < -0.3 is 0 Å². The van der Waals surface area contributed by atoms with E-state index in [2.05, 4.69) is 47.4 Å². The molecule has 1 aromatic heterocycles. The number of halogens is 2. The van der Waals surface area contributed by atoms with Crippen molar-refractivity contribution in [3.05, 3.63) is 57.5 Å². The van der Waals surface area contributed by atoms with Crippen LogP contribution in [0.25, 0.3) is 10.6 Å². The van der Waals surface area contributed by atoms with Gasteiger partial charge in [0.1, 0.15) is 11.0 Å². The van der Waals surface area contributed by atoms with Crippen LogP contribution in [0.3, 0.4) is 0 Å².